The van der Waals surface area contributed by atoms with Crippen LogP contribution in [0.5, 0.6) is 0 Å². The topological polar surface area (TPSA) is 15.3 Å². The predicted octanol–water partition coefficient (Wildman–Crippen LogP) is 2.80. The van der Waals surface area contributed by atoms with Crippen molar-refractivity contribution in [2.45, 2.75) is 12.5 Å². The van der Waals surface area contributed by atoms with Gasteiger partial charge in [-0.25, -0.2) is 4.39 Å². The van der Waals surface area contributed by atoms with Crippen LogP contribution in [-0.2, 0) is 0 Å². The zero-order chi connectivity index (χ0) is 12.4. The van der Waals surface area contributed by atoms with Crippen molar-refractivity contribution in [1.29, 1.82) is 0 Å². The van der Waals surface area contributed by atoms with Gasteiger partial charge >= 0.3 is 0 Å². The number of hydrogen-bond donors (Lipinski definition) is 1. The predicted molar refractivity (Wildman–Crippen MR) is 71.5 cm³/mol. The van der Waals surface area contributed by atoms with Crippen molar-refractivity contribution in [3.8, 4) is 0 Å². The SMILES string of the molecule is CNCC1CCN(C)C1c1ccc(Br)cc1F. The van der Waals surface area contributed by atoms with Gasteiger partial charge in [-0.1, -0.05) is 22.0 Å². The van der Waals surface area contributed by atoms with Gasteiger partial charge in [0.2, 0.25) is 0 Å². The third-order valence-electron chi connectivity index (χ3n) is 3.52. The van der Waals surface area contributed by atoms with Crippen LogP contribution in [0.3, 0.4) is 0 Å². The summed E-state index contributed by atoms with van der Waals surface area (Å²) in [5.74, 6) is 0.375. The van der Waals surface area contributed by atoms with Crippen LogP contribution in [-0.4, -0.2) is 32.1 Å². The molecular weight excluding hydrogens is 283 g/mol. The van der Waals surface area contributed by atoms with Gasteiger partial charge in [0.05, 0.1) is 0 Å². The summed E-state index contributed by atoms with van der Waals surface area (Å²) in [6.45, 7) is 1.97. The maximum Gasteiger partial charge on any atom is 0.129 e. The lowest BCUT2D eigenvalue weighted by atomic mass is 9.93. The number of benzene rings is 1. The second-order valence-electron chi connectivity index (χ2n) is 4.70. The van der Waals surface area contributed by atoms with E-state index in [0.29, 0.717) is 5.92 Å². The van der Waals surface area contributed by atoms with Crippen molar-refractivity contribution in [3.05, 3.63) is 34.1 Å². The first-order valence-corrected chi connectivity index (χ1v) is 6.72. The van der Waals surface area contributed by atoms with E-state index in [2.05, 4.69) is 33.2 Å². The summed E-state index contributed by atoms with van der Waals surface area (Å²) in [5, 5.41) is 3.20. The highest BCUT2D eigenvalue weighted by Crippen LogP contribution is 2.37. The third kappa shape index (κ3) is 2.69. The van der Waals surface area contributed by atoms with Gasteiger partial charge in [0.1, 0.15) is 5.82 Å². The number of nitrogens with zero attached hydrogens (tertiary/aromatic N) is 1. The summed E-state index contributed by atoms with van der Waals surface area (Å²) in [7, 11) is 4.02. The van der Waals surface area contributed by atoms with E-state index in [1.165, 1.54) is 0 Å². The maximum atomic E-state index is 14.0. The molecule has 2 nitrogen and oxygen atoms in total. The average Bonchev–Trinajstić information content (AvgIpc) is 2.62. The fourth-order valence-electron chi connectivity index (χ4n) is 2.73. The van der Waals surface area contributed by atoms with Gasteiger partial charge in [-0.05, 0) is 51.7 Å². The molecular formula is C13H18BrFN2. The largest absolute Gasteiger partial charge is 0.319 e. The fourth-order valence-corrected chi connectivity index (χ4v) is 3.07. The minimum Gasteiger partial charge on any atom is -0.319 e. The molecule has 0 aromatic heterocycles. The maximum absolute atomic E-state index is 14.0. The van der Waals surface area contributed by atoms with Crippen LogP contribution in [0.4, 0.5) is 4.39 Å². The van der Waals surface area contributed by atoms with Crippen LogP contribution >= 0.6 is 15.9 Å². The van der Waals surface area contributed by atoms with Crippen molar-refractivity contribution >= 4 is 15.9 Å². The Balaban J connectivity index is 2.29. The highest BCUT2D eigenvalue weighted by Gasteiger charge is 2.33. The molecule has 4 heteroatoms. The van der Waals surface area contributed by atoms with Gasteiger partial charge in [0, 0.05) is 16.1 Å². The van der Waals surface area contributed by atoms with E-state index in [1.54, 1.807) is 6.07 Å². The Morgan fingerprint density at radius 1 is 1.53 bits per heavy atom. The molecule has 0 spiro atoms. The summed E-state index contributed by atoms with van der Waals surface area (Å²) < 4.78 is 14.8. The van der Waals surface area contributed by atoms with Crippen LogP contribution in [0, 0.1) is 11.7 Å². The van der Waals surface area contributed by atoms with Gasteiger partial charge in [-0.3, -0.25) is 4.90 Å². The first-order chi connectivity index (χ1) is 8.13. The molecule has 1 aromatic carbocycles. The normalized spacial score (nSPS) is 25.4. The van der Waals surface area contributed by atoms with Gasteiger partial charge in [0.25, 0.3) is 0 Å². The van der Waals surface area contributed by atoms with E-state index < -0.39 is 0 Å². The van der Waals surface area contributed by atoms with Crippen molar-refractivity contribution in [2.75, 3.05) is 27.2 Å². The van der Waals surface area contributed by atoms with E-state index in [9.17, 15) is 4.39 Å². The zero-order valence-corrected chi connectivity index (χ0v) is 11.8. The van der Waals surface area contributed by atoms with Gasteiger partial charge in [-0.2, -0.15) is 0 Å². The zero-order valence-electron chi connectivity index (χ0n) is 10.2. The van der Waals surface area contributed by atoms with E-state index in [-0.39, 0.29) is 11.9 Å². The van der Waals surface area contributed by atoms with Crippen molar-refractivity contribution in [3.63, 3.8) is 0 Å². The molecule has 17 heavy (non-hydrogen) atoms. The molecule has 1 heterocycles. The van der Waals surface area contributed by atoms with Gasteiger partial charge in [-0.15, -0.1) is 0 Å². The Morgan fingerprint density at radius 3 is 2.94 bits per heavy atom. The third-order valence-corrected chi connectivity index (χ3v) is 4.01. The average molecular weight is 301 g/mol. The second-order valence-corrected chi connectivity index (χ2v) is 5.61. The fraction of sp³-hybridized carbons (Fsp3) is 0.538. The Hall–Kier alpha value is -0.450. The molecule has 0 aliphatic carbocycles. The first-order valence-electron chi connectivity index (χ1n) is 5.93. The highest BCUT2D eigenvalue weighted by atomic mass is 79.9. The molecule has 2 unspecified atom stereocenters. The lowest BCUT2D eigenvalue weighted by molar-refractivity contribution is 0.267. The Morgan fingerprint density at radius 2 is 2.29 bits per heavy atom. The summed E-state index contributed by atoms with van der Waals surface area (Å²) in [5.41, 5.74) is 0.813. The minimum atomic E-state index is -0.112. The number of likely N-dealkylation sites (tertiary alicyclic amines) is 1. The summed E-state index contributed by atoms with van der Waals surface area (Å²) >= 11 is 3.30. The number of rotatable bonds is 3. The molecule has 0 bridgehead atoms. The van der Waals surface area contributed by atoms with Crippen molar-refractivity contribution < 1.29 is 4.39 Å². The summed E-state index contributed by atoms with van der Waals surface area (Å²) in [6, 6.07) is 5.56. The van der Waals surface area contributed by atoms with Crippen LogP contribution in [0.25, 0.3) is 0 Å². The second kappa shape index (κ2) is 5.46. The first kappa shape index (κ1) is 13.0. The highest BCUT2D eigenvalue weighted by molar-refractivity contribution is 9.10. The minimum absolute atomic E-state index is 0.112. The molecule has 0 radical (unpaired) electrons. The molecule has 1 saturated heterocycles. The standard InChI is InChI=1S/C13H18BrFN2/c1-16-8-9-5-6-17(2)13(9)11-4-3-10(14)7-12(11)15/h3-4,7,9,13,16H,5-6,8H2,1-2H3. The van der Waals surface area contributed by atoms with Crippen LogP contribution in [0.1, 0.15) is 18.0 Å². The smallest absolute Gasteiger partial charge is 0.129 e. The van der Waals surface area contributed by atoms with E-state index in [4.69, 9.17) is 0 Å². The van der Waals surface area contributed by atoms with Crippen molar-refractivity contribution in [2.24, 2.45) is 5.92 Å². The lowest BCUT2D eigenvalue weighted by Crippen LogP contribution is -2.27. The molecule has 1 aliphatic heterocycles. The van der Waals surface area contributed by atoms with Gasteiger partial charge < -0.3 is 5.32 Å². The Bertz CT molecular complexity index is 395. The molecule has 94 valence electrons. The molecule has 1 aromatic rings. The monoisotopic (exact) mass is 300 g/mol. The lowest BCUT2D eigenvalue weighted by Gasteiger charge is -2.26. The number of nitrogens with one attached hydrogen (secondary N) is 1. The quantitative estimate of drug-likeness (QED) is 0.923. The van der Waals surface area contributed by atoms with E-state index >= 15 is 0 Å². The molecule has 0 saturated carbocycles. The molecule has 0 amide bonds. The Labute approximate surface area is 110 Å². The summed E-state index contributed by atoms with van der Waals surface area (Å²) in [4.78, 5) is 2.24. The molecule has 2 atom stereocenters. The van der Waals surface area contributed by atoms with Crippen LogP contribution in [0.2, 0.25) is 0 Å². The molecule has 2 rings (SSSR count). The number of halogens is 2. The number of hydrogen-bond acceptors (Lipinski definition) is 2. The summed E-state index contributed by atoms with van der Waals surface area (Å²) in [6.07, 6.45) is 1.12. The molecule has 1 fully saturated rings. The molecule has 1 N–H and O–H groups in total. The van der Waals surface area contributed by atoms with Gasteiger partial charge in [0.15, 0.2) is 0 Å². The van der Waals surface area contributed by atoms with E-state index in [1.807, 2.05) is 19.2 Å². The van der Waals surface area contributed by atoms with Crippen LogP contribution < -0.4 is 5.32 Å². The van der Waals surface area contributed by atoms with Crippen LogP contribution in [0.15, 0.2) is 22.7 Å². The molecule has 1 aliphatic rings. The van der Waals surface area contributed by atoms with Crippen molar-refractivity contribution in [1.82, 2.24) is 10.2 Å². The Kier molecular flexibility index (Phi) is 4.17. The van der Waals surface area contributed by atoms with E-state index in [0.717, 1.165) is 29.5 Å².